The molecule has 2 aliphatic rings. The number of hydrogen-bond acceptors (Lipinski definition) is 4. The fourth-order valence-electron chi connectivity index (χ4n) is 5.28. The first kappa shape index (κ1) is 25.4. The highest BCUT2D eigenvalue weighted by molar-refractivity contribution is 7.89. The molecule has 2 atom stereocenters. The first-order valence-corrected chi connectivity index (χ1v) is 13.5. The van der Waals surface area contributed by atoms with Gasteiger partial charge in [-0.1, -0.05) is 38.7 Å². The van der Waals surface area contributed by atoms with Gasteiger partial charge in [0, 0.05) is 30.2 Å². The molecule has 0 spiro atoms. The second-order valence-corrected chi connectivity index (χ2v) is 11.3. The number of sulfonamides is 1. The molecular weight excluding hydrogens is 438 g/mol. The van der Waals surface area contributed by atoms with Gasteiger partial charge in [-0.2, -0.15) is 4.31 Å². The van der Waals surface area contributed by atoms with E-state index in [1.165, 1.54) is 54.6 Å². The molecule has 0 aromatic heterocycles. The van der Waals surface area contributed by atoms with Crippen LogP contribution in [0, 0.1) is 5.92 Å². The van der Waals surface area contributed by atoms with E-state index in [1.807, 2.05) is 13.8 Å². The molecule has 0 radical (unpaired) electrons. The normalized spacial score (nSPS) is 24.7. The summed E-state index contributed by atoms with van der Waals surface area (Å²) in [5, 5.41) is 5.84. The predicted molar refractivity (Wildman–Crippen MR) is 129 cm³/mol. The van der Waals surface area contributed by atoms with Gasteiger partial charge in [0.05, 0.1) is 4.90 Å². The number of nitrogens with one attached hydrogen (secondary N) is 2. The zero-order chi connectivity index (χ0) is 24.0. The van der Waals surface area contributed by atoms with E-state index < -0.39 is 10.0 Å². The van der Waals surface area contributed by atoms with Crippen LogP contribution in [0.5, 0.6) is 0 Å². The lowest BCUT2D eigenvalue weighted by Crippen LogP contribution is -2.54. The van der Waals surface area contributed by atoms with E-state index in [9.17, 15) is 18.0 Å². The third kappa shape index (κ3) is 6.44. The van der Waals surface area contributed by atoms with Crippen LogP contribution in [0.25, 0.3) is 0 Å². The number of benzene rings is 1. The molecule has 1 heterocycles. The van der Waals surface area contributed by atoms with Crippen molar-refractivity contribution in [2.45, 2.75) is 88.2 Å². The summed E-state index contributed by atoms with van der Waals surface area (Å²) in [6.07, 6.45) is 9.67. The quantitative estimate of drug-likeness (QED) is 0.562. The van der Waals surface area contributed by atoms with E-state index in [0.717, 1.165) is 6.42 Å². The minimum absolute atomic E-state index is 0.0911. The fraction of sp³-hybridized carbons (Fsp3) is 0.600. The molecule has 33 heavy (non-hydrogen) atoms. The molecule has 2 fully saturated rings. The smallest absolute Gasteiger partial charge is 0.251 e. The van der Waals surface area contributed by atoms with Gasteiger partial charge < -0.3 is 10.6 Å². The van der Waals surface area contributed by atoms with Crippen molar-refractivity contribution in [1.29, 1.82) is 0 Å². The Balaban J connectivity index is 1.60. The SMILES string of the molecule is C=CC(=O)NC1CC(C)N(S(=O)(=O)c2ccc(C(=O)NCCC3CCCCC3)cc2)C(C)C1. The van der Waals surface area contributed by atoms with Crippen molar-refractivity contribution in [1.82, 2.24) is 14.9 Å². The maximum Gasteiger partial charge on any atom is 0.251 e. The second-order valence-electron chi connectivity index (χ2n) is 9.49. The Labute approximate surface area is 198 Å². The second kappa shape index (κ2) is 11.3. The Morgan fingerprint density at radius 3 is 2.24 bits per heavy atom. The van der Waals surface area contributed by atoms with Gasteiger partial charge in [-0.25, -0.2) is 8.42 Å². The minimum Gasteiger partial charge on any atom is -0.352 e. The van der Waals surface area contributed by atoms with Gasteiger partial charge in [-0.05, 0) is 69.4 Å². The highest BCUT2D eigenvalue weighted by Crippen LogP contribution is 2.30. The zero-order valence-corrected chi connectivity index (χ0v) is 20.6. The summed E-state index contributed by atoms with van der Waals surface area (Å²) < 4.78 is 28.2. The highest BCUT2D eigenvalue weighted by Gasteiger charge is 2.39. The van der Waals surface area contributed by atoms with Crippen LogP contribution in [0.2, 0.25) is 0 Å². The molecule has 7 nitrogen and oxygen atoms in total. The van der Waals surface area contributed by atoms with Crippen molar-refractivity contribution >= 4 is 21.8 Å². The van der Waals surface area contributed by atoms with Gasteiger partial charge in [0.1, 0.15) is 0 Å². The van der Waals surface area contributed by atoms with E-state index in [4.69, 9.17) is 0 Å². The summed E-state index contributed by atoms with van der Waals surface area (Å²) in [5.41, 5.74) is 0.463. The number of rotatable bonds is 8. The van der Waals surface area contributed by atoms with Crippen molar-refractivity contribution in [2.75, 3.05) is 6.54 Å². The third-order valence-electron chi connectivity index (χ3n) is 6.91. The number of carbonyl (C=O) groups is 2. The fourth-order valence-corrected chi connectivity index (χ4v) is 7.12. The highest BCUT2D eigenvalue weighted by atomic mass is 32.2. The Kier molecular flexibility index (Phi) is 8.70. The number of piperidine rings is 1. The van der Waals surface area contributed by atoms with E-state index in [1.54, 1.807) is 12.1 Å². The molecule has 1 aromatic rings. The average molecular weight is 476 g/mol. The van der Waals surface area contributed by atoms with Gasteiger partial charge in [0.25, 0.3) is 5.91 Å². The summed E-state index contributed by atoms with van der Waals surface area (Å²) in [4.78, 5) is 24.3. The zero-order valence-electron chi connectivity index (χ0n) is 19.8. The Bertz CT molecular complexity index is 927. The molecule has 0 bridgehead atoms. The summed E-state index contributed by atoms with van der Waals surface area (Å²) in [6, 6.07) is 5.55. The van der Waals surface area contributed by atoms with Crippen molar-refractivity contribution < 1.29 is 18.0 Å². The molecular formula is C25H37N3O4S. The number of hydrogen-bond donors (Lipinski definition) is 2. The Hall–Kier alpha value is -2.19. The van der Waals surface area contributed by atoms with Crippen molar-refractivity contribution in [2.24, 2.45) is 5.92 Å². The van der Waals surface area contributed by atoms with Gasteiger partial charge in [0.2, 0.25) is 15.9 Å². The van der Waals surface area contributed by atoms with E-state index >= 15 is 0 Å². The monoisotopic (exact) mass is 475 g/mol. The minimum atomic E-state index is -3.72. The van der Waals surface area contributed by atoms with Crippen LogP contribution in [0.4, 0.5) is 0 Å². The maximum absolute atomic E-state index is 13.3. The summed E-state index contributed by atoms with van der Waals surface area (Å²) in [6.45, 7) is 7.83. The molecule has 1 aromatic carbocycles. The first-order valence-electron chi connectivity index (χ1n) is 12.1. The van der Waals surface area contributed by atoms with Crippen molar-refractivity contribution in [3.8, 4) is 0 Å². The largest absolute Gasteiger partial charge is 0.352 e. The number of amides is 2. The number of carbonyl (C=O) groups excluding carboxylic acids is 2. The van der Waals surface area contributed by atoms with Crippen molar-refractivity contribution in [3.05, 3.63) is 42.5 Å². The number of nitrogens with zero attached hydrogens (tertiary/aromatic N) is 1. The standard InChI is InChI=1S/C25H37N3O4S/c1-4-24(29)27-22-16-18(2)28(19(3)17-22)33(31,32)23-12-10-21(11-13-23)25(30)26-15-14-20-8-6-5-7-9-20/h4,10-13,18-20,22H,1,5-9,14-17H2,2-3H3,(H,26,30)(H,27,29). The first-order chi connectivity index (χ1) is 15.7. The predicted octanol–water partition coefficient (Wildman–Crippen LogP) is 3.62. The van der Waals surface area contributed by atoms with Crippen LogP contribution in [-0.2, 0) is 14.8 Å². The van der Waals surface area contributed by atoms with Gasteiger partial charge in [-0.15, -0.1) is 0 Å². The van der Waals surface area contributed by atoms with E-state index in [0.29, 0.717) is 30.9 Å². The van der Waals surface area contributed by atoms with Gasteiger partial charge in [0.15, 0.2) is 0 Å². The molecule has 182 valence electrons. The lowest BCUT2D eigenvalue weighted by Gasteiger charge is -2.41. The Morgan fingerprint density at radius 2 is 1.67 bits per heavy atom. The molecule has 1 aliphatic heterocycles. The summed E-state index contributed by atoms with van der Waals surface area (Å²) >= 11 is 0. The van der Waals surface area contributed by atoms with Crippen LogP contribution >= 0.6 is 0 Å². The van der Waals surface area contributed by atoms with Crippen LogP contribution in [0.3, 0.4) is 0 Å². The molecule has 2 unspecified atom stereocenters. The van der Waals surface area contributed by atoms with Crippen LogP contribution < -0.4 is 10.6 Å². The molecule has 8 heteroatoms. The molecule has 1 aliphatic carbocycles. The molecule has 3 rings (SSSR count). The van der Waals surface area contributed by atoms with Crippen molar-refractivity contribution in [3.63, 3.8) is 0 Å². The average Bonchev–Trinajstić information content (AvgIpc) is 2.79. The molecule has 2 amide bonds. The lowest BCUT2D eigenvalue weighted by molar-refractivity contribution is -0.117. The van der Waals surface area contributed by atoms with Gasteiger partial charge in [-0.3, -0.25) is 9.59 Å². The molecule has 1 saturated heterocycles. The summed E-state index contributed by atoms with van der Waals surface area (Å²) in [5.74, 6) is 0.281. The molecule has 2 N–H and O–H groups in total. The lowest BCUT2D eigenvalue weighted by atomic mass is 9.87. The maximum atomic E-state index is 13.3. The third-order valence-corrected chi connectivity index (χ3v) is 9.05. The molecule has 1 saturated carbocycles. The topological polar surface area (TPSA) is 95.6 Å². The van der Waals surface area contributed by atoms with Gasteiger partial charge >= 0.3 is 0 Å². The Morgan fingerprint density at radius 1 is 1.06 bits per heavy atom. The van der Waals surface area contributed by atoms with Crippen LogP contribution in [0.1, 0.15) is 75.6 Å². The van der Waals surface area contributed by atoms with E-state index in [2.05, 4.69) is 17.2 Å². The van der Waals surface area contributed by atoms with E-state index in [-0.39, 0.29) is 34.8 Å². The summed E-state index contributed by atoms with van der Waals surface area (Å²) in [7, 11) is -3.72. The van der Waals surface area contributed by atoms with Crippen LogP contribution in [-0.4, -0.2) is 49.2 Å². The van der Waals surface area contributed by atoms with Crippen LogP contribution in [0.15, 0.2) is 41.8 Å².